The highest BCUT2D eigenvalue weighted by atomic mass is 15.1. The highest BCUT2D eigenvalue weighted by Crippen LogP contribution is 2.26. The minimum absolute atomic E-state index is 0.327. The lowest BCUT2D eigenvalue weighted by atomic mass is 9.92. The number of nitrogens with one attached hydrogen (secondary N) is 1. The van der Waals surface area contributed by atoms with E-state index in [0.717, 1.165) is 38.6 Å². The van der Waals surface area contributed by atoms with Crippen molar-refractivity contribution in [3.63, 3.8) is 0 Å². The van der Waals surface area contributed by atoms with Gasteiger partial charge in [-0.05, 0) is 31.3 Å². The molecule has 0 atom stereocenters. The topological polar surface area (TPSA) is 84.6 Å². The van der Waals surface area contributed by atoms with Gasteiger partial charge in [-0.1, -0.05) is 30.8 Å². The minimum atomic E-state index is -0.327. The average molecular weight is 221 g/mol. The van der Waals surface area contributed by atoms with E-state index in [9.17, 15) is 5.26 Å². The molecule has 16 heavy (non-hydrogen) atoms. The highest BCUT2D eigenvalue weighted by Gasteiger charge is 2.29. The summed E-state index contributed by atoms with van der Waals surface area (Å²) in [6, 6.07) is 2.43. The Morgan fingerprint density at radius 2 is 2.00 bits per heavy atom. The van der Waals surface area contributed by atoms with E-state index in [2.05, 4.69) is 21.4 Å². The minimum Gasteiger partial charge on any atom is -0.299 e. The Hall–Kier alpha value is -1.24. The first kappa shape index (κ1) is 12.8. The summed E-state index contributed by atoms with van der Waals surface area (Å²) in [5.41, 5.74) is 7.81. The Balaban J connectivity index is 2.34. The summed E-state index contributed by atoms with van der Waals surface area (Å²) in [6.45, 7) is 1.26. The molecule has 1 saturated carbocycles. The van der Waals surface area contributed by atoms with Crippen LogP contribution in [0.4, 0.5) is 0 Å². The van der Waals surface area contributed by atoms with E-state index in [4.69, 9.17) is 5.53 Å². The molecule has 0 radical (unpaired) electrons. The molecule has 0 aromatic rings. The fourth-order valence-corrected chi connectivity index (χ4v) is 2.18. The van der Waals surface area contributed by atoms with Gasteiger partial charge in [0.15, 0.2) is 0 Å². The molecule has 0 aliphatic heterocycles. The fraction of sp³-hybridized carbons (Fsp3) is 0.909. The van der Waals surface area contributed by atoms with Crippen molar-refractivity contribution in [3.8, 4) is 6.07 Å². The van der Waals surface area contributed by atoms with E-state index < -0.39 is 0 Å². The van der Waals surface area contributed by atoms with Crippen LogP contribution in [0.3, 0.4) is 0 Å². The molecule has 0 unspecified atom stereocenters. The van der Waals surface area contributed by atoms with Crippen LogP contribution in [-0.4, -0.2) is 18.6 Å². The third-order valence-corrected chi connectivity index (χ3v) is 3.13. The van der Waals surface area contributed by atoms with Crippen LogP contribution >= 0.6 is 0 Å². The Morgan fingerprint density at radius 3 is 2.56 bits per heavy atom. The molecule has 5 heteroatoms. The number of nitrogens with zero attached hydrogens (tertiary/aromatic N) is 4. The maximum atomic E-state index is 9.27. The van der Waals surface area contributed by atoms with Crippen molar-refractivity contribution in [3.05, 3.63) is 10.4 Å². The maximum absolute atomic E-state index is 9.27. The zero-order valence-electron chi connectivity index (χ0n) is 9.65. The summed E-state index contributed by atoms with van der Waals surface area (Å²) < 4.78 is 0. The van der Waals surface area contributed by atoms with Gasteiger partial charge in [0.1, 0.15) is 5.54 Å². The number of nitriles is 1. The predicted molar refractivity (Wildman–Crippen MR) is 62.7 cm³/mol. The Kier molecular flexibility index (Phi) is 5.69. The smallest absolute Gasteiger partial charge is 0.106 e. The van der Waals surface area contributed by atoms with Crippen molar-refractivity contribution in [2.45, 2.75) is 50.5 Å². The zero-order chi connectivity index (χ0) is 11.7. The summed E-state index contributed by atoms with van der Waals surface area (Å²) in [6.07, 6.45) is 7.45. The molecule has 0 heterocycles. The molecule has 1 aliphatic carbocycles. The first-order valence-electron chi connectivity index (χ1n) is 6.00. The van der Waals surface area contributed by atoms with E-state index >= 15 is 0 Å². The molecule has 1 fully saturated rings. The second-order valence-electron chi connectivity index (χ2n) is 4.34. The van der Waals surface area contributed by atoms with E-state index in [1.807, 2.05) is 0 Å². The van der Waals surface area contributed by atoms with Crippen molar-refractivity contribution in [1.82, 2.24) is 5.32 Å². The van der Waals surface area contributed by atoms with Crippen LogP contribution in [0, 0.1) is 11.3 Å². The van der Waals surface area contributed by atoms with E-state index in [0.29, 0.717) is 6.54 Å². The molecule has 1 aliphatic rings. The Labute approximate surface area is 96.5 Å². The summed E-state index contributed by atoms with van der Waals surface area (Å²) >= 11 is 0. The number of rotatable bonds is 5. The summed E-state index contributed by atoms with van der Waals surface area (Å²) in [5.74, 6) is 0. The van der Waals surface area contributed by atoms with Gasteiger partial charge in [-0.25, -0.2) is 0 Å². The maximum Gasteiger partial charge on any atom is 0.106 e. The van der Waals surface area contributed by atoms with Crippen LogP contribution < -0.4 is 5.32 Å². The molecule has 0 saturated heterocycles. The summed E-state index contributed by atoms with van der Waals surface area (Å²) in [7, 11) is 0. The molecule has 0 aromatic heterocycles. The van der Waals surface area contributed by atoms with Gasteiger partial charge in [0.05, 0.1) is 6.07 Å². The van der Waals surface area contributed by atoms with Crippen molar-refractivity contribution in [2.24, 2.45) is 5.11 Å². The molecular formula is C11H19N5. The average Bonchev–Trinajstić information content (AvgIpc) is 2.55. The van der Waals surface area contributed by atoms with Gasteiger partial charge >= 0.3 is 0 Å². The first-order chi connectivity index (χ1) is 7.83. The van der Waals surface area contributed by atoms with E-state index in [1.54, 1.807) is 0 Å². The van der Waals surface area contributed by atoms with Crippen LogP contribution in [-0.2, 0) is 0 Å². The van der Waals surface area contributed by atoms with Crippen LogP contribution in [0.1, 0.15) is 44.9 Å². The van der Waals surface area contributed by atoms with Crippen molar-refractivity contribution in [1.29, 1.82) is 5.26 Å². The lowest BCUT2D eigenvalue weighted by molar-refractivity contribution is 0.365. The van der Waals surface area contributed by atoms with Crippen LogP contribution in [0.25, 0.3) is 10.4 Å². The number of azide groups is 1. The second kappa shape index (κ2) is 7.10. The van der Waals surface area contributed by atoms with Crippen LogP contribution in [0.5, 0.6) is 0 Å². The van der Waals surface area contributed by atoms with Crippen molar-refractivity contribution >= 4 is 0 Å². The van der Waals surface area contributed by atoms with Crippen LogP contribution in [0.2, 0.25) is 0 Å². The molecule has 1 rings (SSSR count). The number of hydrogen-bond donors (Lipinski definition) is 1. The molecular weight excluding hydrogens is 202 g/mol. The number of hydrogen-bond acceptors (Lipinski definition) is 3. The lowest BCUT2D eigenvalue weighted by Gasteiger charge is -2.26. The lowest BCUT2D eigenvalue weighted by Crippen LogP contribution is -2.44. The first-order valence-corrected chi connectivity index (χ1v) is 6.00. The Morgan fingerprint density at radius 1 is 1.31 bits per heavy atom. The quantitative estimate of drug-likeness (QED) is 0.254. The van der Waals surface area contributed by atoms with Gasteiger partial charge in [-0.3, -0.25) is 5.32 Å². The third kappa shape index (κ3) is 4.09. The van der Waals surface area contributed by atoms with Gasteiger partial charge in [0, 0.05) is 11.5 Å². The van der Waals surface area contributed by atoms with E-state index in [1.165, 1.54) is 12.8 Å². The second-order valence-corrected chi connectivity index (χ2v) is 4.34. The summed E-state index contributed by atoms with van der Waals surface area (Å²) in [4.78, 5) is 2.70. The molecule has 88 valence electrons. The zero-order valence-corrected chi connectivity index (χ0v) is 9.65. The highest BCUT2D eigenvalue weighted by molar-refractivity contribution is 5.07. The normalized spacial score (nSPS) is 19.2. The fourth-order valence-electron chi connectivity index (χ4n) is 2.18. The van der Waals surface area contributed by atoms with Gasteiger partial charge in [-0.15, -0.1) is 0 Å². The molecule has 1 N–H and O–H groups in total. The van der Waals surface area contributed by atoms with E-state index in [-0.39, 0.29) is 5.54 Å². The molecule has 0 bridgehead atoms. The molecule has 5 nitrogen and oxygen atoms in total. The van der Waals surface area contributed by atoms with Gasteiger partial charge in [0.25, 0.3) is 0 Å². The standard InChI is InChI=1S/C11H19N5/c12-10-11(6-3-1-2-4-7-11)14-8-5-9-15-16-13/h14H,1-9H2. The molecule has 0 amide bonds. The van der Waals surface area contributed by atoms with Crippen molar-refractivity contribution in [2.75, 3.05) is 13.1 Å². The van der Waals surface area contributed by atoms with Gasteiger partial charge in [0.2, 0.25) is 0 Å². The van der Waals surface area contributed by atoms with Gasteiger partial charge < -0.3 is 0 Å². The largest absolute Gasteiger partial charge is 0.299 e. The summed E-state index contributed by atoms with van der Waals surface area (Å²) in [5, 5.41) is 16.1. The monoisotopic (exact) mass is 221 g/mol. The molecule has 0 spiro atoms. The Bertz CT molecular complexity index is 279. The predicted octanol–water partition coefficient (Wildman–Crippen LogP) is 2.89. The van der Waals surface area contributed by atoms with Gasteiger partial charge in [-0.2, -0.15) is 5.26 Å². The van der Waals surface area contributed by atoms with Crippen molar-refractivity contribution < 1.29 is 0 Å². The molecule has 0 aromatic carbocycles. The SMILES string of the molecule is N#CC1(NCCCN=[N+]=[N-])CCCCCC1. The van der Waals surface area contributed by atoms with Crippen LogP contribution in [0.15, 0.2) is 5.11 Å². The third-order valence-electron chi connectivity index (χ3n) is 3.13.